The molecule has 0 aromatic carbocycles. The van der Waals surface area contributed by atoms with Crippen molar-refractivity contribution in [2.45, 2.75) is 25.0 Å². The van der Waals surface area contributed by atoms with Crippen molar-refractivity contribution >= 4 is 23.5 Å². The van der Waals surface area contributed by atoms with Gasteiger partial charge in [-0.1, -0.05) is 0 Å². The Labute approximate surface area is 126 Å². The smallest absolute Gasteiger partial charge is 0.358 e. The maximum atomic E-state index is 12.7. The summed E-state index contributed by atoms with van der Waals surface area (Å²) in [7, 11) is 2.81. The first-order valence-electron chi connectivity index (χ1n) is 7.18. The molecule has 2 bridgehead atoms. The van der Waals surface area contributed by atoms with Crippen molar-refractivity contribution in [3.05, 3.63) is 11.9 Å². The summed E-state index contributed by atoms with van der Waals surface area (Å²) in [6, 6.07) is 0. The van der Waals surface area contributed by atoms with Gasteiger partial charge in [-0.15, -0.1) is 0 Å². The summed E-state index contributed by atoms with van der Waals surface area (Å²) >= 11 is 0. The summed E-state index contributed by atoms with van der Waals surface area (Å²) < 4.78 is 11.7. The van der Waals surface area contributed by atoms with Gasteiger partial charge in [-0.2, -0.15) is 5.10 Å². The van der Waals surface area contributed by atoms with Gasteiger partial charge in [-0.05, 0) is 12.8 Å². The van der Waals surface area contributed by atoms with Crippen molar-refractivity contribution in [3.8, 4) is 0 Å². The van der Waals surface area contributed by atoms with Gasteiger partial charge < -0.3 is 9.47 Å². The first-order valence-corrected chi connectivity index (χ1v) is 7.18. The van der Waals surface area contributed by atoms with Crippen LogP contribution in [0.3, 0.4) is 0 Å². The third-order valence-corrected chi connectivity index (χ3v) is 4.82. The normalized spacial score (nSPS) is 32.7. The lowest BCUT2D eigenvalue weighted by Crippen LogP contribution is -2.35. The molecule has 0 aliphatic carbocycles. The molecule has 3 aliphatic rings. The minimum Gasteiger partial charge on any atom is -0.464 e. The van der Waals surface area contributed by atoms with Crippen LogP contribution in [0, 0.1) is 11.8 Å². The first kappa shape index (κ1) is 13.4. The summed E-state index contributed by atoms with van der Waals surface area (Å²) in [5.74, 6) is -2.11. The number of aromatic nitrogens is 2. The Bertz CT molecular complexity index is 669. The number of fused-ring (bicyclic) bond motifs is 5. The van der Waals surface area contributed by atoms with Gasteiger partial charge in [0.05, 0.1) is 37.4 Å². The SMILES string of the molecule is COC(=O)c1c(N2C(=O)[C@@H]3[C@H](C2=O)[C@H]2CC[C@@H]3O2)cnn1C. The number of aryl methyl sites for hydroxylation is 1. The van der Waals surface area contributed by atoms with Crippen LogP contribution in [-0.2, 0) is 26.1 Å². The minimum atomic E-state index is -0.633. The zero-order chi connectivity index (χ0) is 15.6. The van der Waals surface area contributed by atoms with Crippen LogP contribution in [0.1, 0.15) is 23.3 Å². The van der Waals surface area contributed by atoms with E-state index in [-0.39, 0.29) is 35.4 Å². The molecule has 0 saturated carbocycles. The van der Waals surface area contributed by atoms with E-state index in [0.717, 1.165) is 17.7 Å². The number of hydrogen-bond donors (Lipinski definition) is 0. The Morgan fingerprint density at radius 1 is 1.27 bits per heavy atom. The highest BCUT2D eigenvalue weighted by Crippen LogP contribution is 2.49. The van der Waals surface area contributed by atoms with Crippen LogP contribution in [0.2, 0.25) is 0 Å². The molecule has 4 heterocycles. The van der Waals surface area contributed by atoms with Gasteiger partial charge in [0.2, 0.25) is 11.8 Å². The van der Waals surface area contributed by atoms with Crippen molar-refractivity contribution in [2.75, 3.05) is 12.0 Å². The maximum absolute atomic E-state index is 12.7. The predicted octanol–water partition coefficient (Wildman–Crippen LogP) is -0.127. The first-order chi connectivity index (χ1) is 10.5. The summed E-state index contributed by atoms with van der Waals surface area (Å²) in [4.78, 5) is 38.4. The molecule has 8 heteroatoms. The Balaban J connectivity index is 1.77. The maximum Gasteiger partial charge on any atom is 0.358 e. The number of carbonyl (C=O) groups is 3. The number of esters is 1. The number of rotatable bonds is 2. The Morgan fingerprint density at radius 2 is 1.86 bits per heavy atom. The van der Waals surface area contributed by atoms with Gasteiger partial charge in [0.15, 0.2) is 5.69 Å². The fraction of sp³-hybridized carbons (Fsp3) is 0.571. The van der Waals surface area contributed by atoms with Crippen LogP contribution >= 0.6 is 0 Å². The average Bonchev–Trinajstić information content (AvgIpc) is 3.23. The molecule has 3 aliphatic heterocycles. The number of imide groups is 1. The van der Waals surface area contributed by atoms with E-state index >= 15 is 0 Å². The lowest BCUT2D eigenvalue weighted by atomic mass is 9.81. The molecule has 0 unspecified atom stereocenters. The summed E-state index contributed by atoms with van der Waals surface area (Å²) in [6.07, 6.45) is 2.58. The second-order valence-corrected chi connectivity index (χ2v) is 5.85. The fourth-order valence-electron chi connectivity index (χ4n) is 3.87. The quantitative estimate of drug-likeness (QED) is 0.558. The standard InChI is InChI=1S/C14H15N3O5/c1-16-11(14(20)21-2)6(5-15-16)17-12(18)9-7-3-4-8(22-7)10(9)13(17)19/h5,7-10H,3-4H2,1-2H3/t7-,8+,9-,10+. The number of hydrogen-bond acceptors (Lipinski definition) is 6. The van der Waals surface area contributed by atoms with Gasteiger partial charge >= 0.3 is 5.97 Å². The number of nitrogens with zero attached hydrogens (tertiary/aromatic N) is 3. The van der Waals surface area contributed by atoms with Crippen LogP contribution in [-0.4, -0.2) is 46.9 Å². The van der Waals surface area contributed by atoms with Crippen LogP contribution in [0.25, 0.3) is 0 Å². The fourth-order valence-corrected chi connectivity index (χ4v) is 3.87. The van der Waals surface area contributed by atoms with Crippen molar-refractivity contribution in [1.29, 1.82) is 0 Å². The summed E-state index contributed by atoms with van der Waals surface area (Å²) in [5, 5.41) is 3.99. The van der Waals surface area contributed by atoms with E-state index in [1.165, 1.54) is 18.0 Å². The number of ether oxygens (including phenoxy) is 2. The number of anilines is 1. The van der Waals surface area contributed by atoms with Crippen LogP contribution < -0.4 is 4.90 Å². The molecule has 0 spiro atoms. The van der Waals surface area contributed by atoms with Gasteiger partial charge in [0, 0.05) is 7.05 Å². The molecule has 0 N–H and O–H groups in total. The molecule has 0 radical (unpaired) electrons. The third-order valence-electron chi connectivity index (χ3n) is 4.82. The number of carbonyl (C=O) groups excluding carboxylic acids is 3. The molecule has 3 saturated heterocycles. The Kier molecular flexibility index (Phi) is 2.68. The van der Waals surface area contributed by atoms with Gasteiger partial charge in [-0.3, -0.25) is 14.3 Å². The van der Waals surface area contributed by atoms with Gasteiger partial charge in [-0.25, -0.2) is 9.69 Å². The predicted molar refractivity (Wildman–Crippen MR) is 71.9 cm³/mol. The highest BCUT2D eigenvalue weighted by Gasteiger charge is 2.63. The minimum absolute atomic E-state index is 0.0949. The summed E-state index contributed by atoms with van der Waals surface area (Å²) in [5.41, 5.74) is 0.288. The Morgan fingerprint density at radius 3 is 2.41 bits per heavy atom. The molecular formula is C14H15N3O5. The highest BCUT2D eigenvalue weighted by atomic mass is 16.5. The number of amides is 2. The second kappa shape index (κ2) is 4.39. The lowest BCUT2D eigenvalue weighted by Gasteiger charge is -2.17. The van der Waals surface area contributed by atoms with Crippen LogP contribution in [0.15, 0.2) is 6.20 Å². The number of methoxy groups -OCH3 is 1. The zero-order valence-corrected chi connectivity index (χ0v) is 12.2. The monoisotopic (exact) mass is 305 g/mol. The van der Waals surface area contributed by atoms with E-state index in [1.54, 1.807) is 7.05 Å². The van der Waals surface area contributed by atoms with Gasteiger partial charge in [0.1, 0.15) is 5.69 Å². The molecule has 8 nitrogen and oxygen atoms in total. The van der Waals surface area contributed by atoms with E-state index < -0.39 is 17.8 Å². The third kappa shape index (κ3) is 1.50. The average molecular weight is 305 g/mol. The van der Waals surface area contributed by atoms with Crippen molar-refractivity contribution < 1.29 is 23.9 Å². The van der Waals surface area contributed by atoms with E-state index in [1.807, 2.05) is 0 Å². The van der Waals surface area contributed by atoms with Gasteiger partial charge in [0.25, 0.3) is 0 Å². The van der Waals surface area contributed by atoms with E-state index in [0.29, 0.717) is 0 Å². The van der Waals surface area contributed by atoms with Crippen LogP contribution in [0.5, 0.6) is 0 Å². The lowest BCUT2D eigenvalue weighted by molar-refractivity contribution is -0.124. The molecule has 22 heavy (non-hydrogen) atoms. The van der Waals surface area contributed by atoms with E-state index in [4.69, 9.17) is 9.47 Å². The molecule has 3 fully saturated rings. The molecule has 4 atom stereocenters. The van der Waals surface area contributed by atoms with E-state index in [2.05, 4.69) is 5.10 Å². The molecule has 1 aromatic heterocycles. The van der Waals surface area contributed by atoms with Crippen LogP contribution in [0.4, 0.5) is 5.69 Å². The molecular weight excluding hydrogens is 290 g/mol. The van der Waals surface area contributed by atoms with Crippen molar-refractivity contribution in [2.24, 2.45) is 18.9 Å². The summed E-state index contributed by atoms with van der Waals surface area (Å²) in [6.45, 7) is 0. The zero-order valence-electron chi connectivity index (χ0n) is 12.2. The molecule has 1 aromatic rings. The van der Waals surface area contributed by atoms with E-state index in [9.17, 15) is 14.4 Å². The van der Waals surface area contributed by atoms with Crippen molar-refractivity contribution in [1.82, 2.24) is 9.78 Å². The molecule has 4 rings (SSSR count). The molecule has 116 valence electrons. The second-order valence-electron chi connectivity index (χ2n) is 5.85. The topological polar surface area (TPSA) is 90.7 Å². The molecule has 2 amide bonds. The van der Waals surface area contributed by atoms with Crippen molar-refractivity contribution in [3.63, 3.8) is 0 Å². The highest BCUT2D eigenvalue weighted by molar-refractivity contribution is 6.24. The Hall–Kier alpha value is -2.22. The largest absolute Gasteiger partial charge is 0.464 e.